The second-order valence-corrected chi connectivity index (χ2v) is 15.0. The van der Waals surface area contributed by atoms with Crippen molar-refractivity contribution in [2.45, 2.75) is 24.2 Å². The molecular formula is C40H30BrClN2O9. The Bertz CT molecular complexity index is 2310. The number of carbonyl (C=O) groups excluding carboxylic acids is 4. The highest BCUT2D eigenvalue weighted by Crippen LogP contribution is 2.65. The van der Waals surface area contributed by atoms with Crippen molar-refractivity contribution in [3.8, 4) is 17.2 Å². The largest absolute Gasteiger partial charge is 0.507 e. The molecule has 3 N–H and O–H groups in total. The van der Waals surface area contributed by atoms with E-state index in [1.807, 2.05) is 24.3 Å². The minimum Gasteiger partial charge on any atom is -0.507 e. The Hall–Kier alpha value is -5.46. The van der Waals surface area contributed by atoms with Crippen molar-refractivity contribution < 1.29 is 44.0 Å². The van der Waals surface area contributed by atoms with Gasteiger partial charge < -0.3 is 20.1 Å². The zero-order valence-electron chi connectivity index (χ0n) is 27.9. The van der Waals surface area contributed by atoms with Crippen molar-refractivity contribution in [3.05, 3.63) is 123 Å². The predicted molar refractivity (Wildman–Crippen MR) is 196 cm³/mol. The van der Waals surface area contributed by atoms with E-state index in [9.17, 15) is 34.5 Å². The molecule has 13 heteroatoms. The maximum absolute atomic E-state index is 15.4. The van der Waals surface area contributed by atoms with Crippen molar-refractivity contribution in [2.24, 2.45) is 23.7 Å². The highest BCUT2D eigenvalue weighted by atomic mass is 79.9. The number of halogens is 2. The van der Waals surface area contributed by atoms with Gasteiger partial charge in [0.1, 0.15) is 11.3 Å². The number of benzene rings is 4. The highest BCUT2D eigenvalue weighted by Gasteiger charge is 2.70. The molecule has 2 aliphatic heterocycles. The number of fused-ring (bicyclic) bond motifs is 4. The van der Waals surface area contributed by atoms with Crippen LogP contribution in [-0.2, 0) is 24.6 Å². The summed E-state index contributed by atoms with van der Waals surface area (Å²) in [4.78, 5) is 72.6. The summed E-state index contributed by atoms with van der Waals surface area (Å²) in [6, 6.07) is 22.3. The normalized spacial score (nSPS) is 26.2. The molecule has 2 aliphatic carbocycles. The first-order valence-electron chi connectivity index (χ1n) is 16.8. The molecule has 268 valence electrons. The molecule has 8 rings (SSSR count). The number of rotatable bonds is 6. The number of nitrogens with zero attached hydrogens (tertiary/aromatic N) is 2. The van der Waals surface area contributed by atoms with Gasteiger partial charge in [0.15, 0.2) is 11.5 Å². The molecule has 53 heavy (non-hydrogen) atoms. The standard InChI is InChI=1S/C40H30BrClN2O9/c1-53-31-15-19(14-29(41)34(31)46)33-24-12-13-26-32(37(49)43(35(26)47)23-10-11-25(38(50)51)30(45)17-23)27(24)18-28-36(48)44(22-9-5-8-21(42)16-22)39(52)40(28,33)20-6-3-2-4-7-20/h2-12,14-17,26-28,32-33,45-46H,13,18H2,1H3,(H,50,51). The monoisotopic (exact) mass is 796 g/mol. The highest BCUT2D eigenvalue weighted by molar-refractivity contribution is 9.10. The number of carbonyl (C=O) groups is 5. The maximum atomic E-state index is 15.4. The first-order chi connectivity index (χ1) is 25.4. The molecule has 3 fully saturated rings. The van der Waals surface area contributed by atoms with E-state index in [2.05, 4.69) is 15.9 Å². The van der Waals surface area contributed by atoms with Crippen LogP contribution in [0.25, 0.3) is 0 Å². The van der Waals surface area contributed by atoms with Gasteiger partial charge in [0.2, 0.25) is 23.6 Å². The third kappa shape index (κ3) is 4.95. The number of anilines is 2. The summed E-state index contributed by atoms with van der Waals surface area (Å²) >= 11 is 9.83. The van der Waals surface area contributed by atoms with Crippen LogP contribution in [0.5, 0.6) is 17.2 Å². The maximum Gasteiger partial charge on any atom is 0.339 e. The van der Waals surface area contributed by atoms with Crippen LogP contribution in [0.1, 0.15) is 40.2 Å². The molecule has 4 aromatic carbocycles. The van der Waals surface area contributed by atoms with Crippen LogP contribution in [0.2, 0.25) is 5.02 Å². The Balaban J connectivity index is 1.35. The van der Waals surface area contributed by atoms with Gasteiger partial charge in [-0.2, -0.15) is 0 Å². The molecule has 0 bridgehead atoms. The molecule has 4 aliphatic rings. The van der Waals surface area contributed by atoms with Gasteiger partial charge in [0.25, 0.3) is 0 Å². The van der Waals surface area contributed by atoms with Crippen molar-refractivity contribution in [1.82, 2.24) is 0 Å². The molecule has 1 saturated carbocycles. The van der Waals surface area contributed by atoms with Gasteiger partial charge in [-0.25, -0.2) is 14.6 Å². The minimum absolute atomic E-state index is 0.0240. The van der Waals surface area contributed by atoms with Crippen molar-refractivity contribution in [1.29, 1.82) is 0 Å². The van der Waals surface area contributed by atoms with E-state index in [0.29, 0.717) is 21.7 Å². The summed E-state index contributed by atoms with van der Waals surface area (Å²) in [5.74, 6) is -8.40. The van der Waals surface area contributed by atoms with E-state index in [1.165, 1.54) is 18.1 Å². The number of aromatic carboxylic acids is 1. The summed E-state index contributed by atoms with van der Waals surface area (Å²) in [6.45, 7) is 0. The Kier molecular flexibility index (Phi) is 8.23. The molecule has 4 aromatic rings. The third-order valence-electron chi connectivity index (χ3n) is 11.2. The topological polar surface area (TPSA) is 162 Å². The van der Waals surface area contributed by atoms with Crippen molar-refractivity contribution in [3.63, 3.8) is 0 Å². The van der Waals surface area contributed by atoms with E-state index in [0.717, 1.165) is 17.0 Å². The Labute approximate surface area is 316 Å². The van der Waals surface area contributed by atoms with Crippen molar-refractivity contribution in [2.75, 3.05) is 16.9 Å². The van der Waals surface area contributed by atoms with Gasteiger partial charge in [-0.05, 0) is 88.3 Å². The average Bonchev–Trinajstić information content (AvgIpc) is 3.53. The molecule has 0 spiro atoms. The number of allylic oxidation sites excluding steroid dienone is 2. The van der Waals surface area contributed by atoms with Gasteiger partial charge in [-0.1, -0.05) is 59.6 Å². The number of hydrogen-bond acceptors (Lipinski definition) is 8. The summed E-state index contributed by atoms with van der Waals surface area (Å²) in [5, 5.41) is 31.1. The van der Waals surface area contributed by atoms with Crippen LogP contribution in [0.4, 0.5) is 11.4 Å². The molecular weight excluding hydrogens is 768 g/mol. The van der Waals surface area contributed by atoms with Crippen LogP contribution in [0.3, 0.4) is 0 Å². The SMILES string of the molecule is COc1cc(C2C3=CCC4C(=O)N(c5ccc(C(=O)O)c(O)c5)C(=O)C4C3CC3C(=O)N(c4cccc(Cl)c4)C(=O)C32c2ccccc2)cc(Br)c1O. The van der Waals surface area contributed by atoms with Crippen LogP contribution >= 0.6 is 27.5 Å². The summed E-state index contributed by atoms with van der Waals surface area (Å²) in [6.07, 6.45) is 2.08. The van der Waals surface area contributed by atoms with E-state index < -0.39 is 70.4 Å². The van der Waals surface area contributed by atoms with E-state index in [-0.39, 0.29) is 45.8 Å². The van der Waals surface area contributed by atoms with Crippen LogP contribution in [-0.4, -0.2) is 52.0 Å². The molecule has 4 amide bonds. The van der Waals surface area contributed by atoms with Gasteiger partial charge in [0.05, 0.1) is 46.1 Å². The fraction of sp³-hybridized carbons (Fsp3) is 0.225. The number of carboxylic acids is 1. The molecule has 2 saturated heterocycles. The Morgan fingerprint density at radius 3 is 2.28 bits per heavy atom. The summed E-state index contributed by atoms with van der Waals surface area (Å²) in [7, 11) is 1.40. The number of methoxy groups -OCH3 is 1. The molecule has 2 heterocycles. The fourth-order valence-corrected chi connectivity index (χ4v) is 9.77. The quantitative estimate of drug-likeness (QED) is 0.145. The number of ether oxygens (including phenoxy) is 1. The number of phenols is 2. The second-order valence-electron chi connectivity index (χ2n) is 13.7. The number of carboxylic acid groups (broad SMARTS) is 1. The van der Waals surface area contributed by atoms with Crippen molar-refractivity contribution >= 4 is 68.5 Å². The van der Waals surface area contributed by atoms with E-state index in [1.54, 1.807) is 48.5 Å². The lowest BCUT2D eigenvalue weighted by atomic mass is 9.49. The molecule has 6 unspecified atom stereocenters. The number of aromatic hydroxyl groups is 2. The lowest BCUT2D eigenvalue weighted by Gasteiger charge is -2.50. The lowest BCUT2D eigenvalue weighted by molar-refractivity contribution is -0.127. The molecule has 6 atom stereocenters. The van der Waals surface area contributed by atoms with Crippen LogP contribution < -0.4 is 14.5 Å². The number of phenolic OH excluding ortho intramolecular Hbond substituents is 1. The first-order valence-corrected chi connectivity index (χ1v) is 18.0. The average molecular weight is 798 g/mol. The van der Waals surface area contributed by atoms with Gasteiger partial charge in [0, 0.05) is 17.0 Å². The van der Waals surface area contributed by atoms with Gasteiger partial charge >= 0.3 is 5.97 Å². The molecule has 0 aromatic heterocycles. The Morgan fingerprint density at radius 2 is 1.60 bits per heavy atom. The lowest BCUT2D eigenvalue weighted by Crippen LogP contribution is -2.53. The molecule has 0 radical (unpaired) electrons. The smallest absolute Gasteiger partial charge is 0.339 e. The zero-order chi connectivity index (χ0) is 37.5. The van der Waals surface area contributed by atoms with Crippen LogP contribution in [0, 0.1) is 23.7 Å². The number of imide groups is 2. The van der Waals surface area contributed by atoms with E-state index in [4.69, 9.17) is 16.3 Å². The predicted octanol–water partition coefficient (Wildman–Crippen LogP) is 6.59. The van der Waals surface area contributed by atoms with Gasteiger partial charge in [-0.15, -0.1) is 0 Å². The van der Waals surface area contributed by atoms with Gasteiger partial charge in [-0.3, -0.25) is 19.2 Å². The third-order valence-corrected chi connectivity index (χ3v) is 12.1. The zero-order valence-corrected chi connectivity index (χ0v) is 30.2. The van der Waals surface area contributed by atoms with Crippen LogP contribution in [0.15, 0.2) is 101 Å². The summed E-state index contributed by atoms with van der Waals surface area (Å²) in [5.41, 5.74) is 0.187. The Morgan fingerprint density at radius 1 is 0.868 bits per heavy atom. The summed E-state index contributed by atoms with van der Waals surface area (Å²) < 4.78 is 5.84. The number of amides is 4. The first kappa shape index (κ1) is 34.6. The number of hydrogen-bond donors (Lipinski definition) is 3. The minimum atomic E-state index is -1.54. The van der Waals surface area contributed by atoms with E-state index >= 15 is 4.79 Å². The fourth-order valence-electron chi connectivity index (χ4n) is 9.13. The molecule has 11 nitrogen and oxygen atoms in total. The second kappa shape index (κ2) is 12.6.